The molecular formula is C13H21N3O2. The summed E-state index contributed by atoms with van der Waals surface area (Å²) in [5, 5.41) is 5.91. The van der Waals surface area contributed by atoms with Crippen LogP contribution in [-0.4, -0.2) is 36.7 Å². The van der Waals surface area contributed by atoms with E-state index in [0.717, 1.165) is 5.69 Å². The van der Waals surface area contributed by atoms with Crippen LogP contribution in [0.5, 0.6) is 0 Å². The van der Waals surface area contributed by atoms with E-state index in [9.17, 15) is 4.79 Å². The van der Waals surface area contributed by atoms with Crippen molar-refractivity contribution in [3.63, 3.8) is 0 Å². The maximum absolute atomic E-state index is 11.6. The number of nitrogens with one attached hydrogen (secondary N) is 2. The van der Waals surface area contributed by atoms with E-state index in [-0.39, 0.29) is 12.0 Å². The number of aromatic nitrogens is 1. The van der Waals surface area contributed by atoms with Crippen LogP contribution >= 0.6 is 0 Å². The van der Waals surface area contributed by atoms with E-state index in [1.807, 2.05) is 26.8 Å². The Kier molecular flexibility index (Phi) is 6.14. The van der Waals surface area contributed by atoms with Crippen LogP contribution in [0.1, 0.15) is 31.3 Å². The van der Waals surface area contributed by atoms with Gasteiger partial charge >= 0.3 is 0 Å². The number of pyridine rings is 1. The third kappa shape index (κ3) is 5.14. The molecule has 0 spiro atoms. The average Bonchev–Trinajstić information content (AvgIpc) is 2.35. The highest BCUT2D eigenvalue weighted by molar-refractivity contribution is 5.93. The summed E-state index contributed by atoms with van der Waals surface area (Å²) in [7, 11) is 0. The molecule has 0 unspecified atom stereocenters. The molecule has 0 saturated carbocycles. The molecule has 0 bridgehead atoms. The second-order valence-corrected chi connectivity index (χ2v) is 4.14. The number of anilines is 1. The summed E-state index contributed by atoms with van der Waals surface area (Å²) >= 11 is 0. The standard InChI is InChI=1S/C13H21N3O2/c1-4-14-13(17)12-9-11(5-6-16-12)15-7-8-18-10(2)3/h5-6,9-10H,4,7-8H2,1-3H3,(H,14,17)(H,15,16). The molecule has 0 saturated heterocycles. The van der Waals surface area contributed by atoms with E-state index in [1.54, 1.807) is 12.3 Å². The van der Waals surface area contributed by atoms with Crippen molar-refractivity contribution < 1.29 is 9.53 Å². The zero-order valence-electron chi connectivity index (χ0n) is 11.2. The second kappa shape index (κ2) is 7.66. The number of rotatable bonds is 7. The molecule has 1 aromatic rings. The Labute approximate surface area is 108 Å². The third-order valence-corrected chi connectivity index (χ3v) is 2.21. The molecule has 0 atom stereocenters. The van der Waals surface area contributed by atoms with Crippen LogP contribution in [0, 0.1) is 0 Å². The molecule has 18 heavy (non-hydrogen) atoms. The minimum absolute atomic E-state index is 0.153. The van der Waals surface area contributed by atoms with Crippen molar-refractivity contribution >= 4 is 11.6 Å². The van der Waals surface area contributed by atoms with Gasteiger partial charge in [0.15, 0.2) is 0 Å². The number of hydrogen-bond donors (Lipinski definition) is 2. The van der Waals surface area contributed by atoms with Crippen molar-refractivity contribution in [1.82, 2.24) is 10.3 Å². The lowest BCUT2D eigenvalue weighted by Crippen LogP contribution is -2.23. The lowest BCUT2D eigenvalue weighted by atomic mass is 10.3. The monoisotopic (exact) mass is 251 g/mol. The van der Waals surface area contributed by atoms with Crippen LogP contribution in [0.25, 0.3) is 0 Å². The van der Waals surface area contributed by atoms with E-state index < -0.39 is 0 Å². The number of nitrogens with zero attached hydrogens (tertiary/aromatic N) is 1. The number of amides is 1. The maximum Gasteiger partial charge on any atom is 0.269 e. The fraction of sp³-hybridized carbons (Fsp3) is 0.538. The van der Waals surface area contributed by atoms with Crippen LogP contribution in [0.15, 0.2) is 18.3 Å². The highest BCUT2D eigenvalue weighted by Crippen LogP contribution is 2.07. The summed E-state index contributed by atoms with van der Waals surface area (Å²) < 4.78 is 5.42. The molecule has 0 aromatic carbocycles. The zero-order valence-corrected chi connectivity index (χ0v) is 11.2. The van der Waals surface area contributed by atoms with E-state index in [2.05, 4.69) is 15.6 Å². The molecule has 0 aliphatic carbocycles. The van der Waals surface area contributed by atoms with Gasteiger partial charge in [-0.15, -0.1) is 0 Å². The summed E-state index contributed by atoms with van der Waals surface area (Å²) in [5.41, 5.74) is 1.30. The molecular weight excluding hydrogens is 230 g/mol. The van der Waals surface area contributed by atoms with Crippen molar-refractivity contribution in [2.75, 3.05) is 25.0 Å². The molecule has 5 nitrogen and oxygen atoms in total. The summed E-state index contributed by atoms with van der Waals surface area (Å²) in [5.74, 6) is -0.153. The first-order valence-corrected chi connectivity index (χ1v) is 6.23. The molecule has 1 amide bonds. The molecule has 1 rings (SSSR count). The zero-order chi connectivity index (χ0) is 13.4. The average molecular weight is 251 g/mol. The third-order valence-electron chi connectivity index (χ3n) is 2.21. The summed E-state index contributed by atoms with van der Waals surface area (Å²) in [6.07, 6.45) is 1.85. The molecule has 0 aliphatic rings. The topological polar surface area (TPSA) is 63.2 Å². The molecule has 0 aliphatic heterocycles. The van der Waals surface area contributed by atoms with Crippen molar-refractivity contribution in [1.29, 1.82) is 0 Å². The van der Waals surface area contributed by atoms with Crippen molar-refractivity contribution in [2.24, 2.45) is 0 Å². The maximum atomic E-state index is 11.6. The Morgan fingerprint density at radius 3 is 2.94 bits per heavy atom. The van der Waals surface area contributed by atoms with Gasteiger partial charge in [-0.2, -0.15) is 0 Å². The molecule has 1 aromatic heterocycles. The van der Waals surface area contributed by atoms with Gasteiger partial charge in [-0.3, -0.25) is 9.78 Å². The Morgan fingerprint density at radius 1 is 1.50 bits per heavy atom. The lowest BCUT2D eigenvalue weighted by Gasteiger charge is -2.10. The molecule has 0 radical (unpaired) electrons. The first-order valence-electron chi connectivity index (χ1n) is 6.23. The van der Waals surface area contributed by atoms with Gasteiger partial charge in [0.1, 0.15) is 5.69 Å². The van der Waals surface area contributed by atoms with Gasteiger partial charge in [-0.25, -0.2) is 0 Å². The quantitative estimate of drug-likeness (QED) is 0.724. The minimum atomic E-state index is -0.153. The highest BCUT2D eigenvalue weighted by Gasteiger charge is 2.05. The van der Waals surface area contributed by atoms with Crippen LogP contribution in [-0.2, 0) is 4.74 Å². The summed E-state index contributed by atoms with van der Waals surface area (Å²) in [6.45, 7) is 7.82. The Balaban J connectivity index is 2.46. The van der Waals surface area contributed by atoms with Crippen molar-refractivity contribution in [2.45, 2.75) is 26.9 Å². The van der Waals surface area contributed by atoms with E-state index in [1.165, 1.54) is 0 Å². The second-order valence-electron chi connectivity index (χ2n) is 4.14. The minimum Gasteiger partial charge on any atom is -0.383 e. The van der Waals surface area contributed by atoms with Crippen molar-refractivity contribution in [3.05, 3.63) is 24.0 Å². The lowest BCUT2D eigenvalue weighted by molar-refractivity contribution is 0.0870. The van der Waals surface area contributed by atoms with Gasteiger partial charge in [-0.1, -0.05) is 0 Å². The van der Waals surface area contributed by atoms with Gasteiger partial charge in [-0.05, 0) is 32.9 Å². The SMILES string of the molecule is CCNC(=O)c1cc(NCCOC(C)C)ccn1. The smallest absolute Gasteiger partial charge is 0.269 e. The highest BCUT2D eigenvalue weighted by atomic mass is 16.5. The fourth-order valence-corrected chi connectivity index (χ4v) is 1.41. The van der Waals surface area contributed by atoms with Crippen LogP contribution in [0.2, 0.25) is 0 Å². The number of carbonyl (C=O) groups is 1. The molecule has 0 fully saturated rings. The van der Waals surface area contributed by atoms with Crippen LogP contribution in [0.4, 0.5) is 5.69 Å². The predicted octanol–water partition coefficient (Wildman–Crippen LogP) is 1.67. The van der Waals surface area contributed by atoms with Gasteiger partial charge in [0, 0.05) is 25.0 Å². The summed E-state index contributed by atoms with van der Waals surface area (Å²) in [4.78, 5) is 15.6. The Morgan fingerprint density at radius 2 is 2.28 bits per heavy atom. The number of ether oxygens (including phenoxy) is 1. The van der Waals surface area contributed by atoms with E-state index in [4.69, 9.17) is 4.74 Å². The van der Waals surface area contributed by atoms with Crippen molar-refractivity contribution in [3.8, 4) is 0 Å². The van der Waals surface area contributed by atoms with Crippen LogP contribution in [0.3, 0.4) is 0 Å². The fourth-order valence-electron chi connectivity index (χ4n) is 1.41. The molecule has 1 heterocycles. The molecule has 100 valence electrons. The number of hydrogen-bond acceptors (Lipinski definition) is 4. The Bertz CT molecular complexity index is 380. The molecule has 5 heteroatoms. The molecule has 2 N–H and O–H groups in total. The number of carbonyl (C=O) groups excluding carboxylic acids is 1. The van der Waals surface area contributed by atoms with Gasteiger partial charge in [0.2, 0.25) is 0 Å². The van der Waals surface area contributed by atoms with Gasteiger partial charge in [0.25, 0.3) is 5.91 Å². The normalized spacial score (nSPS) is 10.4. The first kappa shape index (κ1) is 14.4. The van der Waals surface area contributed by atoms with Gasteiger partial charge < -0.3 is 15.4 Å². The predicted molar refractivity (Wildman–Crippen MR) is 71.8 cm³/mol. The van der Waals surface area contributed by atoms with Crippen LogP contribution < -0.4 is 10.6 Å². The Hall–Kier alpha value is -1.62. The largest absolute Gasteiger partial charge is 0.383 e. The van der Waals surface area contributed by atoms with Gasteiger partial charge in [0.05, 0.1) is 12.7 Å². The van der Waals surface area contributed by atoms with E-state index in [0.29, 0.717) is 25.4 Å². The first-order chi connectivity index (χ1) is 8.63. The van der Waals surface area contributed by atoms with E-state index >= 15 is 0 Å². The summed E-state index contributed by atoms with van der Waals surface area (Å²) in [6, 6.07) is 3.57.